The number of aromatic amines is 1. The van der Waals surface area contributed by atoms with Gasteiger partial charge in [0.2, 0.25) is 0 Å². The van der Waals surface area contributed by atoms with E-state index in [1.54, 1.807) is 6.33 Å². The molecule has 7 nitrogen and oxygen atoms in total. The van der Waals surface area contributed by atoms with Crippen molar-refractivity contribution in [1.82, 2.24) is 19.9 Å². The Hall–Kier alpha value is -3.26. The van der Waals surface area contributed by atoms with Crippen LogP contribution >= 0.6 is 0 Å². The molecule has 180 valence electrons. The molecule has 2 aromatic carbocycles. The number of benzene rings is 2. The number of likely N-dealkylation sites (tertiary alicyclic amines) is 1. The summed E-state index contributed by atoms with van der Waals surface area (Å²) in [6, 6.07) is 21.5. The first kappa shape index (κ1) is 22.2. The van der Waals surface area contributed by atoms with Gasteiger partial charge in [-0.25, -0.2) is 9.97 Å². The van der Waals surface area contributed by atoms with Crippen LogP contribution in [0.2, 0.25) is 0 Å². The summed E-state index contributed by atoms with van der Waals surface area (Å²) in [6.45, 7) is 6.54. The van der Waals surface area contributed by atoms with Gasteiger partial charge in [-0.1, -0.05) is 54.6 Å². The van der Waals surface area contributed by atoms with Crippen LogP contribution in [0.4, 0.5) is 5.82 Å². The lowest BCUT2D eigenvalue weighted by Crippen LogP contribution is -2.44. The molecule has 1 atom stereocenters. The molecule has 2 N–H and O–H groups in total. The van der Waals surface area contributed by atoms with Crippen molar-refractivity contribution in [2.45, 2.75) is 38.1 Å². The number of aromatic nitrogens is 3. The molecule has 0 unspecified atom stereocenters. The van der Waals surface area contributed by atoms with E-state index >= 15 is 0 Å². The van der Waals surface area contributed by atoms with E-state index in [0.717, 1.165) is 73.8 Å². The third kappa shape index (κ3) is 4.67. The standard InChI is InChI=1S/C28H31N5O2/c1-20(22-5-3-2-4-6-22)31-26-24-17-25(32-27(24)30-19-29-26)23-9-7-21(8-10-23)18-33-13-11-28(12-14-33)34-15-16-35-28/h2-10,17,19-20H,11-16,18H2,1H3,(H2,29,30,31,32)/t20-/m1/s1. The van der Waals surface area contributed by atoms with Crippen molar-refractivity contribution in [2.24, 2.45) is 0 Å². The van der Waals surface area contributed by atoms with Gasteiger partial charge in [0.05, 0.1) is 18.6 Å². The van der Waals surface area contributed by atoms with Crippen LogP contribution in [0.15, 0.2) is 67.0 Å². The summed E-state index contributed by atoms with van der Waals surface area (Å²) < 4.78 is 11.7. The summed E-state index contributed by atoms with van der Waals surface area (Å²) in [4.78, 5) is 14.9. The molecule has 2 aromatic heterocycles. The number of nitrogens with one attached hydrogen (secondary N) is 2. The van der Waals surface area contributed by atoms with Crippen molar-refractivity contribution >= 4 is 16.9 Å². The summed E-state index contributed by atoms with van der Waals surface area (Å²) in [5, 5.41) is 4.54. The molecule has 4 aromatic rings. The molecule has 7 heteroatoms. The number of H-pyrrole nitrogens is 1. The van der Waals surface area contributed by atoms with Gasteiger partial charge in [-0.2, -0.15) is 0 Å². The normalized spacial score (nSPS) is 18.8. The fraction of sp³-hybridized carbons (Fsp3) is 0.357. The summed E-state index contributed by atoms with van der Waals surface area (Å²) in [6.07, 6.45) is 3.50. The summed E-state index contributed by atoms with van der Waals surface area (Å²) in [5.74, 6) is 0.523. The molecule has 2 fully saturated rings. The zero-order valence-corrected chi connectivity index (χ0v) is 20.0. The average molecular weight is 470 g/mol. The van der Waals surface area contributed by atoms with Gasteiger partial charge in [-0.05, 0) is 29.7 Å². The van der Waals surface area contributed by atoms with Gasteiger partial charge < -0.3 is 19.8 Å². The van der Waals surface area contributed by atoms with Crippen LogP contribution in [0, 0.1) is 0 Å². The van der Waals surface area contributed by atoms with Gasteiger partial charge in [0.25, 0.3) is 0 Å². The maximum atomic E-state index is 5.86. The number of nitrogens with zero attached hydrogens (tertiary/aromatic N) is 3. The maximum absolute atomic E-state index is 5.86. The second-order valence-corrected chi connectivity index (χ2v) is 9.52. The van der Waals surface area contributed by atoms with Gasteiger partial charge >= 0.3 is 0 Å². The monoisotopic (exact) mass is 469 g/mol. The lowest BCUT2D eigenvalue weighted by atomic mass is 10.0. The molecular formula is C28H31N5O2. The highest BCUT2D eigenvalue weighted by molar-refractivity contribution is 5.91. The maximum Gasteiger partial charge on any atom is 0.170 e. The smallest absolute Gasteiger partial charge is 0.170 e. The van der Waals surface area contributed by atoms with Crippen LogP contribution < -0.4 is 5.32 Å². The minimum atomic E-state index is -0.314. The lowest BCUT2D eigenvalue weighted by Gasteiger charge is -2.37. The average Bonchev–Trinajstić information content (AvgIpc) is 3.55. The fourth-order valence-electron chi connectivity index (χ4n) is 5.13. The van der Waals surface area contributed by atoms with Crippen LogP contribution in [0.5, 0.6) is 0 Å². The Balaban J connectivity index is 1.14. The van der Waals surface area contributed by atoms with Crippen molar-refractivity contribution in [2.75, 3.05) is 31.6 Å². The van der Waals surface area contributed by atoms with Crippen molar-refractivity contribution < 1.29 is 9.47 Å². The number of piperidine rings is 1. The Bertz CT molecular complexity index is 1270. The first-order valence-electron chi connectivity index (χ1n) is 12.4. The Kier molecular flexibility index (Phi) is 5.98. The lowest BCUT2D eigenvalue weighted by molar-refractivity contribution is -0.185. The highest BCUT2D eigenvalue weighted by Crippen LogP contribution is 2.32. The van der Waals surface area contributed by atoms with E-state index in [2.05, 4.69) is 86.7 Å². The third-order valence-corrected chi connectivity index (χ3v) is 7.18. The molecule has 0 radical (unpaired) electrons. The number of hydrogen-bond acceptors (Lipinski definition) is 6. The van der Waals surface area contributed by atoms with Crippen LogP contribution in [-0.4, -0.2) is 51.9 Å². The van der Waals surface area contributed by atoms with E-state index in [9.17, 15) is 0 Å². The SMILES string of the molecule is C[C@@H](Nc1ncnc2[nH]c(-c3ccc(CN4CCC5(CC4)OCCO5)cc3)cc12)c1ccccc1. The topological polar surface area (TPSA) is 75.3 Å². The number of fused-ring (bicyclic) bond motifs is 1. The summed E-state index contributed by atoms with van der Waals surface area (Å²) in [5.41, 5.74) is 5.54. The Morgan fingerprint density at radius 1 is 1.00 bits per heavy atom. The number of rotatable bonds is 6. The van der Waals surface area contributed by atoms with Gasteiger partial charge in [-0.3, -0.25) is 4.90 Å². The molecule has 6 rings (SSSR count). The van der Waals surface area contributed by atoms with E-state index in [4.69, 9.17) is 9.47 Å². The first-order chi connectivity index (χ1) is 17.2. The van der Waals surface area contributed by atoms with Crippen molar-refractivity contribution in [1.29, 1.82) is 0 Å². The first-order valence-corrected chi connectivity index (χ1v) is 12.4. The molecular weight excluding hydrogens is 438 g/mol. The highest BCUT2D eigenvalue weighted by atomic mass is 16.7. The van der Waals surface area contributed by atoms with Crippen LogP contribution in [-0.2, 0) is 16.0 Å². The van der Waals surface area contributed by atoms with E-state index < -0.39 is 0 Å². The summed E-state index contributed by atoms with van der Waals surface area (Å²) >= 11 is 0. The van der Waals surface area contributed by atoms with Crippen LogP contribution in [0.3, 0.4) is 0 Å². The van der Waals surface area contributed by atoms with Crippen LogP contribution in [0.1, 0.15) is 36.9 Å². The molecule has 0 saturated carbocycles. The largest absolute Gasteiger partial charge is 0.363 e. The fourth-order valence-corrected chi connectivity index (χ4v) is 5.13. The molecule has 2 aliphatic rings. The Labute approximate surface area is 205 Å². The minimum Gasteiger partial charge on any atom is -0.363 e. The molecule has 2 aliphatic heterocycles. The quantitative estimate of drug-likeness (QED) is 0.407. The number of ether oxygens (including phenoxy) is 2. The third-order valence-electron chi connectivity index (χ3n) is 7.18. The van der Waals surface area contributed by atoms with E-state index in [0.29, 0.717) is 0 Å². The second-order valence-electron chi connectivity index (χ2n) is 9.52. The molecule has 0 amide bonds. The second kappa shape index (κ2) is 9.41. The zero-order valence-electron chi connectivity index (χ0n) is 20.0. The summed E-state index contributed by atoms with van der Waals surface area (Å²) in [7, 11) is 0. The Morgan fingerprint density at radius 2 is 1.74 bits per heavy atom. The molecule has 4 heterocycles. The molecule has 2 saturated heterocycles. The van der Waals surface area contributed by atoms with Gasteiger partial charge in [-0.15, -0.1) is 0 Å². The predicted molar refractivity (Wildman–Crippen MR) is 137 cm³/mol. The van der Waals surface area contributed by atoms with Crippen LogP contribution in [0.25, 0.3) is 22.3 Å². The van der Waals surface area contributed by atoms with Crippen molar-refractivity contribution in [3.05, 3.63) is 78.1 Å². The molecule has 35 heavy (non-hydrogen) atoms. The Morgan fingerprint density at radius 3 is 2.49 bits per heavy atom. The highest BCUT2D eigenvalue weighted by Gasteiger charge is 2.39. The predicted octanol–water partition coefficient (Wildman–Crippen LogP) is 5.14. The number of anilines is 1. The van der Waals surface area contributed by atoms with Crippen molar-refractivity contribution in [3.63, 3.8) is 0 Å². The van der Waals surface area contributed by atoms with E-state index in [-0.39, 0.29) is 11.8 Å². The van der Waals surface area contributed by atoms with Gasteiger partial charge in [0, 0.05) is 44.2 Å². The van der Waals surface area contributed by atoms with E-state index in [1.165, 1.54) is 11.1 Å². The molecule has 0 bridgehead atoms. The zero-order chi connectivity index (χ0) is 23.7. The number of hydrogen-bond donors (Lipinski definition) is 2. The van der Waals surface area contributed by atoms with Gasteiger partial charge in [0.15, 0.2) is 5.79 Å². The molecule has 1 spiro atoms. The molecule has 0 aliphatic carbocycles. The minimum absolute atomic E-state index is 0.142. The van der Waals surface area contributed by atoms with E-state index in [1.807, 2.05) is 6.07 Å². The van der Waals surface area contributed by atoms with Gasteiger partial charge in [0.1, 0.15) is 17.8 Å². The van der Waals surface area contributed by atoms with Crippen molar-refractivity contribution in [3.8, 4) is 11.3 Å².